The highest BCUT2D eigenvalue weighted by Gasteiger charge is 2.29. The van der Waals surface area contributed by atoms with Crippen molar-refractivity contribution in [3.05, 3.63) is 101 Å². The van der Waals surface area contributed by atoms with E-state index in [1.807, 2.05) is 0 Å². The average Bonchev–Trinajstić information content (AvgIpc) is 3.74. The number of azo groups is 2. The van der Waals surface area contributed by atoms with Crippen LogP contribution in [0.4, 0.5) is 57.1 Å². The Kier molecular flexibility index (Phi) is 10.8. The van der Waals surface area contributed by atoms with Crippen molar-refractivity contribution in [2.24, 2.45) is 20.5 Å². The third kappa shape index (κ3) is 8.00. The minimum atomic E-state index is -0.764. The quantitative estimate of drug-likeness (QED) is 0.0678. The van der Waals surface area contributed by atoms with Crippen LogP contribution >= 0.6 is 0 Å². The number of aromatic nitrogens is 6. The van der Waals surface area contributed by atoms with Gasteiger partial charge in [-0.25, -0.2) is 9.97 Å². The lowest BCUT2D eigenvalue weighted by molar-refractivity contribution is -0.394. The Bertz CT molecular complexity index is 2270. The molecule has 7 rings (SSSR count). The molecule has 2 aromatic carbocycles. The molecule has 2 aliphatic rings. The van der Waals surface area contributed by atoms with Crippen molar-refractivity contribution >= 4 is 57.1 Å². The number of nitrogens with two attached hydrogens (primary N) is 2. The van der Waals surface area contributed by atoms with Gasteiger partial charge in [-0.05, 0) is 25.7 Å². The maximum Gasteiger partial charge on any atom is 0.278 e. The summed E-state index contributed by atoms with van der Waals surface area (Å²) >= 11 is 0. The van der Waals surface area contributed by atoms with E-state index in [0.717, 1.165) is 101 Å². The molecule has 0 saturated heterocycles. The van der Waals surface area contributed by atoms with Gasteiger partial charge < -0.3 is 11.5 Å². The summed E-state index contributed by atoms with van der Waals surface area (Å²) in [5, 5.41) is 72.4. The predicted octanol–water partition coefficient (Wildman–Crippen LogP) is 8.57. The first-order valence-electron chi connectivity index (χ1n) is 18.2. The predicted molar refractivity (Wildman–Crippen MR) is 205 cm³/mol. The zero-order valence-electron chi connectivity index (χ0n) is 30.5. The van der Waals surface area contributed by atoms with Crippen LogP contribution in [0.1, 0.15) is 87.4 Å². The maximum atomic E-state index is 11.5. The molecule has 24 nitrogen and oxygen atoms in total. The van der Waals surface area contributed by atoms with Gasteiger partial charge in [0.15, 0.2) is 34.6 Å². The van der Waals surface area contributed by atoms with Crippen LogP contribution < -0.4 is 11.5 Å². The summed E-state index contributed by atoms with van der Waals surface area (Å²) in [5.41, 5.74) is 12.3. The minimum absolute atomic E-state index is 0.0192. The first-order valence-corrected chi connectivity index (χ1v) is 18.2. The molecular formula is C34H34N16O8. The van der Waals surface area contributed by atoms with E-state index >= 15 is 0 Å². The second-order valence-electron chi connectivity index (χ2n) is 13.8. The summed E-state index contributed by atoms with van der Waals surface area (Å²) in [6.45, 7) is 0. The summed E-state index contributed by atoms with van der Waals surface area (Å²) in [7, 11) is 0. The van der Waals surface area contributed by atoms with Gasteiger partial charge in [0.2, 0.25) is 0 Å². The standard InChI is InChI=1S/C34H34N16O8/c35-33-31(41-39-21-11-23(47(51)52)15-24(12-21)48(53)54)29(19-7-3-1-4-8-19)43-45(33)27-17-28(38-18-37-27)46-34(36)32(30(44-46)20-9-5-2-6-10-20)42-40-22-13-25(49(55)56)16-26(14-22)50(57)58/h11-20H,1-10,35-36H2. The molecule has 2 saturated carbocycles. The summed E-state index contributed by atoms with van der Waals surface area (Å²) in [6, 6.07) is 7.42. The molecule has 2 fully saturated rings. The number of hydrogen-bond donors (Lipinski definition) is 2. The van der Waals surface area contributed by atoms with E-state index in [1.54, 1.807) is 0 Å². The second-order valence-corrected chi connectivity index (χ2v) is 13.8. The highest BCUT2D eigenvalue weighted by molar-refractivity contribution is 5.67. The Hall–Kier alpha value is -7.66. The Morgan fingerprint density at radius 1 is 0.517 bits per heavy atom. The molecule has 298 valence electrons. The fourth-order valence-electron chi connectivity index (χ4n) is 7.22. The highest BCUT2D eigenvalue weighted by atomic mass is 16.6. The smallest absolute Gasteiger partial charge is 0.278 e. The van der Waals surface area contributed by atoms with Crippen LogP contribution in [0.25, 0.3) is 11.6 Å². The Morgan fingerprint density at radius 3 is 1.19 bits per heavy atom. The van der Waals surface area contributed by atoms with Gasteiger partial charge in [-0.2, -0.15) is 19.6 Å². The lowest BCUT2D eigenvalue weighted by Gasteiger charge is -2.19. The van der Waals surface area contributed by atoms with E-state index in [0.29, 0.717) is 11.4 Å². The molecule has 0 unspecified atom stereocenters. The number of nitro benzene ring substituents is 4. The number of nitrogens with zero attached hydrogens (tertiary/aromatic N) is 14. The molecule has 3 heterocycles. The van der Waals surface area contributed by atoms with Gasteiger partial charge in [-0.3, -0.25) is 40.5 Å². The number of non-ortho nitro benzene ring substituents is 4. The van der Waals surface area contributed by atoms with Crippen molar-refractivity contribution in [1.82, 2.24) is 29.5 Å². The van der Waals surface area contributed by atoms with Gasteiger partial charge in [0.25, 0.3) is 22.7 Å². The summed E-state index contributed by atoms with van der Waals surface area (Å²) in [6.07, 6.45) is 10.2. The zero-order valence-corrected chi connectivity index (χ0v) is 30.5. The van der Waals surface area contributed by atoms with E-state index < -0.39 is 42.4 Å². The fraction of sp³-hybridized carbons (Fsp3) is 0.353. The first-order chi connectivity index (χ1) is 27.9. The minimum Gasteiger partial charge on any atom is -0.382 e. The topological polar surface area (TPSA) is 335 Å². The van der Waals surface area contributed by atoms with Crippen LogP contribution in [0.3, 0.4) is 0 Å². The van der Waals surface area contributed by atoms with Gasteiger partial charge in [0.1, 0.15) is 6.33 Å². The number of benzene rings is 2. The lowest BCUT2D eigenvalue weighted by Crippen LogP contribution is -2.10. The number of rotatable bonds is 12. The van der Waals surface area contributed by atoms with Crippen molar-refractivity contribution in [1.29, 1.82) is 0 Å². The van der Waals surface area contributed by atoms with Crippen LogP contribution in [0.5, 0.6) is 0 Å². The van der Waals surface area contributed by atoms with Crippen LogP contribution in [-0.4, -0.2) is 49.2 Å². The van der Waals surface area contributed by atoms with Crippen molar-refractivity contribution in [2.75, 3.05) is 11.5 Å². The molecule has 4 N–H and O–H groups in total. The molecule has 3 aromatic heterocycles. The van der Waals surface area contributed by atoms with Crippen LogP contribution in [-0.2, 0) is 0 Å². The highest BCUT2D eigenvalue weighted by Crippen LogP contribution is 2.43. The van der Waals surface area contributed by atoms with Gasteiger partial charge in [0.05, 0.1) is 54.6 Å². The summed E-state index contributed by atoms with van der Waals surface area (Å²) in [5.74, 6) is 0.289. The third-order valence-electron chi connectivity index (χ3n) is 10.0. The van der Waals surface area contributed by atoms with Crippen molar-refractivity contribution in [3.63, 3.8) is 0 Å². The molecule has 0 amide bonds. The number of hydrogen-bond acceptors (Lipinski definition) is 18. The van der Waals surface area contributed by atoms with Crippen molar-refractivity contribution in [2.45, 2.75) is 76.0 Å². The molecule has 58 heavy (non-hydrogen) atoms. The van der Waals surface area contributed by atoms with E-state index in [1.165, 1.54) is 21.8 Å². The molecule has 0 atom stereocenters. The van der Waals surface area contributed by atoms with Crippen LogP contribution in [0, 0.1) is 40.5 Å². The number of anilines is 2. The SMILES string of the molecule is Nc1c(N=Nc2cc([N+](=O)[O-])cc([N+](=O)[O-])c2)c(C2CCCCC2)nn1-c1cc(-n2nc(C3CCCCC3)c(N=Nc3cc([N+](=O)[O-])cc([N+](=O)[O-])c3)c2N)ncn1. The van der Waals surface area contributed by atoms with Gasteiger partial charge in [0, 0.05) is 42.2 Å². The molecule has 0 radical (unpaired) electrons. The Balaban J connectivity index is 1.29. The zero-order chi connectivity index (χ0) is 41.1. The number of nitrogen functional groups attached to an aromatic ring is 2. The Morgan fingerprint density at radius 2 is 0.862 bits per heavy atom. The monoisotopic (exact) mass is 794 g/mol. The lowest BCUT2D eigenvalue weighted by atomic mass is 9.86. The van der Waals surface area contributed by atoms with E-state index in [9.17, 15) is 40.5 Å². The van der Waals surface area contributed by atoms with Crippen molar-refractivity contribution in [3.8, 4) is 11.6 Å². The molecule has 5 aromatic rings. The van der Waals surface area contributed by atoms with E-state index in [2.05, 4.69) is 30.4 Å². The van der Waals surface area contributed by atoms with Crippen molar-refractivity contribution < 1.29 is 19.7 Å². The second kappa shape index (κ2) is 16.2. The van der Waals surface area contributed by atoms with Gasteiger partial charge in [-0.15, -0.1) is 20.5 Å². The molecule has 0 bridgehead atoms. The van der Waals surface area contributed by atoms with Gasteiger partial charge >= 0.3 is 0 Å². The average molecular weight is 795 g/mol. The van der Waals surface area contributed by atoms with Gasteiger partial charge in [-0.1, -0.05) is 38.5 Å². The van der Waals surface area contributed by atoms with E-state index in [4.69, 9.17) is 21.7 Å². The maximum absolute atomic E-state index is 11.5. The molecular weight excluding hydrogens is 760 g/mol. The summed E-state index contributed by atoms with van der Waals surface area (Å²) < 4.78 is 2.69. The molecule has 24 heteroatoms. The summed E-state index contributed by atoms with van der Waals surface area (Å²) in [4.78, 5) is 51.7. The molecule has 0 spiro atoms. The molecule has 0 aliphatic heterocycles. The van der Waals surface area contributed by atoms with Crippen LogP contribution in [0.15, 0.2) is 69.2 Å². The third-order valence-corrected chi connectivity index (χ3v) is 10.0. The molecule has 2 aliphatic carbocycles. The fourth-order valence-corrected chi connectivity index (χ4v) is 7.22. The normalized spacial score (nSPS) is 15.3. The largest absolute Gasteiger partial charge is 0.382 e. The van der Waals surface area contributed by atoms with Crippen LogP contribution in [0.2, 0.25) is 0 Å². The van der Waals surface area contributed by atoms with E-state index in [-0.39, 0.29) is 57.9 Å². The number of nitro groups is 4. The first kappa shape index (κ1) is 38.6. The Labute approximate surface area is 326 Å².